The molecule has 2 aliphatic heterocycles. The summed E-state index contributed by atoms with van der Waals surface area (Å²) in [5.74, 6) is -0.432. The molecule has 2 N–H and O–H groups in total. The standard InChI is InChI=1S/C15H22N4O5/c1-8(6-16)18-13-11-7-23-15(22)19(11)9(2)17-5-4-12(21)14(13)24-10(3)20/h11,13-14H,4-7,16H2,1-3H3. The molecular formula is C15H22N4O5. The zero-order chi connectivity index (χ0) is 17.9. The van der Waals surface area contributed by atoms with E-state index >= 15 is 0 Å². The van der Waals surface area contributed by atoms with Crippen molar-refractivity contribution in [1.29, 1.82) is 0 Å². The molecule has 0 spiro atoms. The van der Waals surface area contributed by atoms with Crippen molar-refractivity contribution in [3.63, 3.8) is 0 Å². The van der Waals surface area contributed by atoms with E-state index in [4.69, 9.17) is 15.2 Å². The third-order valence-corrected chi connectivity index (χ3v) is 3.93. The number of nitrogens with zero attached hydrogens (tertiary/aromatic N) is 3. The summed E-state index contributed by atoms with van der Waals surface area (Å²) in [6.07, 6.45) is -1.56. The molecule has 0 aliphatic carbocycles. The molecule has 0 aromatic heterocycles. The van der Waals surface area contributed by atoms with Gasteiger partial charge in [-0.3, -0.25) is 24.5 Å². The second-order valence-corrected chi connectivity index (χ2v) is 5.75. The van der Waals surface area contributed by atoms with E-state index in [0.717, 1.165) is 0 Å². The van der Waals surface area contributed by atoms with Crippen LogP contribution in [0, 0.1) is 0 Å². The number of ether oxygens (including phenoxy) is 2. The van der Waals surface area contributed by atoms with Gasteiger partial charge in [0.25, 0.3) is 0 Å². The van der Waals surface area contributed by atoms with Crippen molar-refractivity contribution in [3.05, 3.63) is 0 Å². The average molecular weight is 338 g/mol. The molecule has 2 rings (SSSR count). The monoisotopic (exact) mass is 338 g/mol. The van der Waals surface area contributed by atoms with Crippen LogP contribution in [0.2, 0.25) is 0 Å². The van der Waals surface area contributed by atoms with Crippen LogP contribution in [0.1, 0.15) is 27.2 Å². The number of hydrogen-bond acceptors (Lipinski definition) is 8. The summed E-state index contributed by atoms with van der Waals surface area (Å²) in [5, 5.41) is 0. The highest BCUT2D eigenvalue weighted by molar-refractivity contribution is 5.97. The fraction of sp³-hybridized carbons (Fsp3) is 0.667. The second-order valence-electron chi connectivity index (χ2n) is 5.75. The third-order valence-electron chi connectivity index (χ3n) is 3.93. The van der Waals surface area contributed by atoms with Gasteiger partial charge < -0.3 is 15.2 Å². The maximum atomic E-state index is 12.5. The Morgan fingerprint density at radius 3 is 2.79 bits per heavy atom. The summed E-state index contributed by atoms with van der Waals surface area (Å²) in [6.45, 7) is 5.03. The van der Waals surface area contributed by atoms with E-state index in [9.17, 15) is 14.4 Å². The van der Waals surface area contributed by atoms with E-state index in [1.54, 1.807) is 13.8 Å². The van der Waals surface area contributed by atoms with Gasteiger partial charge >= 0.3 is 12.1 Å². The van der Waals surface area contributed by atoms with Gasteiger partial charge in [-0.15, -0.1) is 0 Å². The number of Topliss-reactive ketones (excluding diaryl/α,β-unsaturated/α-hetero) is 1. The van der Waals surface area contributed by atoms with Gasteiger partial charge in [0.05, 0.1) is 0 Å². The van der Waals surface area contributed by atoms with Crippen molar-refractivity contribution in [2.24, 2.45) is 15.7 Å². The first-order valence-electron chi connectivity index (χ1n) is 7.75. The normalized spacial score (nSPS) is 28.3. The van der Waals surface area contributed by atoms with Gasteiger partial charge in [-0.25, -0.2) is 4.79 Å². The van der Waals surface area contributed by atoms with Gasteiger partial charge in [-0.05, 0) is 13.8 Å². The minimum atomic E-state index is -1.10. The zero-order valence-electron chi connectivity index (χ0n) is 14.0. The highest BCUT2D eigenvalue weighted by Gasteiger charge is 2.47. The van der Waals surface area contributed by atoms with Crippen molar-refractivity contribution in [3.8, 4) is 0 Å². The molecular weight excluding hydrogens is 316 g/mol. The van der Waals surface area contributed by atoms with Crippen molar-refractivity contribution >= 4 is 29.4 Å². The highest BCUT2D eigenvalue weighted by atomic mass is 16.6. The maximum Gasteiger partial charge on any atom is 0.415 e. The quantitative estimate of drug-likeness (QED) is 0.567. The molecule has 9 nitrogen and oxygen atoms in total. The third kappa shape index (κ3) is 3.78. The Balaban J connectivity index is 2.50. The topological polar surface area (TPSA) is 124 Å². The molecule has 0 radical (unpaired) electrons. The summed E-state index contributed by atoms with van der Waals surface area (Å²) >= 11 is 0. The Labute approximate surface area is 139 Å². The van der Waals surface area contributed by atoms with Crippen LogP contribution >= 0.6 is 0 Å². The Morgan fingerprint density at radius 1 is 1.46 bits per heavy atom. The summed E-state index contributed by atoms with van der Waals surface area (Å²) in [7, 11) is 0. The zero-order valence-corrected chi connectivity index (χ0v) is 14.0. The minimum absolute atomic E-state index is 0.0305. The molecule has 2 aliphatic rings. The molecule has 9 heteroatoms. The van der Waals surface area contributed by atoms with E-state index in [1.165, 1.54) is 11.8 Å². The van der Waals surface area contributed by atoms with Crippen LogP contribution < -0.4 is 5.73 Å². The number of carbonyl (C=O) groups excluding carboxylic acids is 3. The first-order valence-corrected chi connectivity index (χ1v) is 7.75. The Morgan fingerprint density at radius 2 is 2.17 bits per heavy atom. The Bertz CT molecular complexity index is 601. The summed E-state index contributed by atoms with van der Waals surface area (Å²) < 4.78 is 10.4. The van der Waals surface area contributed by atoms with Crippen molar-refractivity contribution in [2.75, 3.05) is 19.7 Å². The van der Waals surface area contributed by atoms with Crippen molar-refractivity contribution in [1.82, 2.24) is 4.90 Å². The molecule has 3 unspecified atom stereocenters. The van der Waals surface area contributed by atoms with Gasteiger partial charge in [0.15, 0.2) is 11.9 Å². The number of cyclic esters (lactones) is 1. The average Bonchev–Trinajstić information content (AvgIpc) is 2.91. The van der Waals surface area contributed by atoms with E-state index in [0.29, 0.717) is 11.5 Å². The van der Waals surface area contributed by atoms with E-state index in [1.807, 2.05) is 0 Å². The number of fused-ring (bicyclic) bond motifs is 1. The van der Waals surface area contributed by atoms with Gasteiger partial charge in [-0.1, -0.05) is 0 Å². The molecule has 0 aromatic rings. The number of nitrogens with two attached hydrogens (primary N) is 1. The Hall–Kier alpha value is -2.29. The molecule has 132 valence electrons. The molecule has 1 fully saturated rings. The number of amidine groups is 1. The predicted octanol–water partition coefficient (Wildman–Crippen LogP) is -0.0817. The van der Waals surface area contributed by atoms with E-state index < -0.39 is 30.3 Å². The fourth-order valence-electron chi connectivity index (χ4n) is 2.77. The van der Waals surface area contributed by atoms with Crippen LogP contribution in [0.25, 0.3) is 0 Å². The van der Waals surface area contributed by atoms with Crippen LogP contribution in [0.3, 0.4) is 0 Å². The van der Waals surface area contributed by atoms with Gasteiger partial charge in [0.1, 0.15) is 24.5 Å². The van der Waals surface area contributed by atoms with E-state index in [2.05, 4.69) is 9.98 Å². The lowest BCUT2D eigenvalue weighted by molar-refractivity contribution is -0.154. The van der Waals surface area contributed by atoms with Gasteiger partial charge in [0, 0.05) is 32.1 Å². The number of ketones is 1. The molecule has 3 atom stereocenters. The predicted molar refractivity (Wildman–Crippen MR) is 86.1 cm³/mol. The van der Waals surface area contributed by atoms with Gasteiger partial charge in [0.2, 0.25) is 0 Å². The lowest BCUT2D eigenvalue weighted by Crippen LogP contribution is -2.52. The number of amides is 1. The molecule has 2 heterocycles. The summed E-state index contributed by atoms with van der Waals surface area (Å²) in [4.78, 5) is 46.1. The number of rotatable bonds is 3. The molecule has 0 saturated carbocycles. The van der Waals surface area contributed by atoms with Crippen LogP contribution in [0.4, 0.5) is 4.79 Å². The molecule has 0 aromatic carbocycles. The SMILES string of the molecule is CC(=O)OC1C(=O)CCN=C(C)N2C(=O)OCC2C1N=C(C)CN. The van der Waals surface area contributed by atoms with Crippen LogP contribution in [-0.4, -0.2) is 72.2 Å². The van der Waals surface area contributed by atoms with Crippen molar-refractivity contribution in [2.45, 2.75) is 45.4 Å². The molecule has 0 bridgehead atoms. The van der Waals surface area contributed by atoms with Crippen LogP contribution in [0.5, 0.6) is 0 Å². The number of aliphatic imine (C=N–C) groups is 2. The second kappa shape index (κ2) is 7.52. The first-order chi connectivity index (χ1) is 11.3. The van der Waals surface area contributed by atoms with E-state index in [-0.39, 0.29) is 31.9 Å². The lowest BCUT2D eigenvalue weighted by atomic mass is 9.97. The molecule has 24 heavy (non-hydrogen) atoms. The van der Waals surface area contributed by atoms with Crippen LogP contribution in [0.15, 0.2) is 9.98 Å². The molecule has 1 saturated heterocycles. The Kier molecular flexibility index (Phi) is 5.66. The minimum Gasteiger partial charge on any atom is -0.452 e. The van der Waals surface area contributed by atoms with Crippen LogP contribution in [-0.2, 0) is 19.1 Å². The summed E-state index contributed by atoms with van der Waals surface area (Å²) in [5.41, 5.74) is 6.19. The highest BCUT2D eigenvalue weighted by Crippen LogP contribution is 2.25. The first kappa shape index (κ1) is 18.1. The number of hydrogen-bond donors (Lipinski definition) is 1. The largest absolute Gasteiger partial charge is 0.452 e. The maximum absolute atomic E-state index is 12.5. The number of esters is 1. The fourth-order valence-corrected chi connectivity index (χ4v) is 2.77. The van der Waals surface area contributed by atoms with Gasteiger partial charge in [-0.2, -0.15) is 0 Å². The summed E-state index contributed by atoms with van der Waals surface area (Å²) in [6, 6.07) is -1.38. The lowest BCUT2D eigenvalue weighted by Gasteiger charge is -2.30. The molecule has 1 amide bonds. The van der Waals surface area contributed by atoms with Crippen molar-refractivity contribution < 1.29 is 23.9 Å². The smallest absolute Gasteiger partial charge is 0.415 e. The number of carbonyl (C=O) groups is 3.